The molecule has 14 heavy (non-hydrogen) atoms. The Hall–Kier alpha value is -0.420. The summed E-state index contributed by atoms with van der Waals surface area (Å²) in [6.45, 7) is 1.53. The summed E-state index contributed by atoms with van der Waals surface area (Å²) in [4.78, 5) is 10.1. The zero-order chi connectivity index (χ0) is 10.8. The van der Waals surface area contributed by atoms with Gasteiger partial charge in [0.05, 0.1) is 0 Å². The van der Waals surface area contributed by atoms with Crippen LogP contribution in [0.4, 0.5) is 0 Å². The van der Waals surface area contributed by atoms with Gasteiger partial charge in [0.15, 0.2) is 0 Å². The van der Waals surface area contributed by atoms with Gasteiger partial charge in [-0.15, -0.1) is 0 Å². The van der Waals surface area contributed by atoms with Gasteiger partial charge in [0.2, 0.25) is 0 Å². The normalized spacial score (nSPS) is 17.1. The van der Waals surface area contributed by atoms with Crippen molar-refractivity contribution in [2.45, 2.75) is 16.2 Å². The average Bonchev–Trinajstić information content (AvgIpc) is 2.17. The molecule has 1 aromatic rings. The number of halogens is 2. The third kappa shape index (κ3) is 2.33. The number of hydrogen-bond donors (Lipinski definition) is 0. The quantitative estimate of drug-likeness (QED) is 0.370. The molecule has 0 N–H and O–H groups in total. The van der Waals surface area contributed by atoms with Gasteiger partial charge in [0.1, 0.15) is 4.83 Å². The molecule has 0 aromatic heterocycles. The fourth-order valence-electron chi connectivity index (χ4n) is 1.02. The summed E-state index contributed by atoms with van der Waals surface area (Å²) < 4.78 is -1.19. The van der Waals surface area contributed by atoms with Crippen molar-refractivity contribution in [3.8, 4) is 0 Å². The summed E-state index contributed by atoms with van der Waals surface area (Å²) in [5, 5.41) is 10.8. The second-order valence-corrected chi connectivity index (χ2v) is 5.58. The Morgan fingerprint density at radius 2 is 1.93 bits per heavy atom. The lowest BCUT2D eigenvalue weighted by atomic mass is 10.1. The van der Waals surface area contributed by atoms with E-state index in [4.69, 9.17) is 0 Å². The van der Waals surface area contributed by atoms with Crippen molar-refractivity contribution < 1.29 is 4.92 Å². The second-order valence-electron chi connectivity index (χ2n) is 3.05. The van der Waals surface area contributed by atoms with Crippen LogP contribution in [-0.4, -0.2) is 9.37 Å². The number of alkyl halides is 2. The van der Waals surface area contributed by atoms with Gasteiger partial charge in [-0.1, -0.05) is 46.3 Å². The number of nitro groups is 1. The summed E-state index contributed by atoms with van der Waals surface area (Å²) in [6, 6.07) is 9.28. The van der Waals surface area contributed by atoms with Crippen molar-refractivity contribution in [1.82, 2.24) is 0 Å². The second kappa shape index (κ2) is 4.40. The predicted octanol–water partition coefficient (Wildman–Crippen LogP) is 3.51. The Labute approximate surface area is 98.9 Å². The van der Waals surface area contributed by atoms with E-state index in [-0.39, 0.29) is 9.75 Å². The molecule has 0 radical (unpaired) electrons. The van der Waals surface area contributed by atoms with Crippen molar-refractivity contribution in [2.75, 3.05) is 0 Å². The minimum absolute atomic E-state index is 0.348. The zero-order valence-corrected chi connectivity index (χ0v) is 10.7. The first kappa shape index (κ1) is 11.7. The van der Waals surface area contributed by atoms with E-state index in [1.165, 1.54) is 6.92 Å². The van der Waals surface area contributed by atoms with Crippen molar-refractivity contribution >= 4 is 31.9 Å². The Balaban J connectivity index is 2.96. The highest BCUT2D eigenvalue weighted by Crippen LogP contribution is 2.40. The van der Waals surface area contributed by atoms with Crippen LogP contribution < -0.4 is 0 Å². The molecule has 3 nitrogen and oxygen atoms in total. The van der Waals surface area contributed by atoms with E-state index in [1.807, 2.05) is 30.3 Å². The maximum absolute atomic E-state index is 10.8. The van der Waals surface area contributed by atoms with E-state index in [0.29, 0.717) is 0 Å². The topological polar surface area (TPSA) is 43.1 Å². The van der Waals surface area contributed by atoms with E-state index in [0.717, 1.165) is 5.56 Å². The number of benzene rings is 1. The van der Waals surface area contributed by atoms with Crippen LogP contribution in [-0.2, 0) is 0 Å². The number of nitrogens with zero attached hydrogens (tertiary/aromatic N) is 1. The van der Waals surface area contributed by atoms with Crippen LogP contribution in [0.2, 0.25) is 0 Å². The van der Waals surface area contributed by atoms with E-state index in [9.17, 15) is 10.1 Å². The molecule has 76 valence electrons. The van der Waals surface area contributed by atoms with E-state index < -0.39 is 4.45 Å². The minimum atomic E-state index is -1.19. The highest BCUT2D eigenvalue weighted by Gasteiger charge is 2.42. The Kier molecular flexibility index (Phi) is 3.66. The standard InChI is InChI=1S/C9H9Br2NO2/c1-9(11,12(13)14)8(10)7-5-3-2-4-6-7/h2-6,8H,1H3. The average molecular weight is 323 g/mol. The lowest BCUT2D eigenvalue weighted by molar-refractivity contribution is -0.530. The lowest BCUT2D eigenvalue weighted by Crippen LogP contribution is -2.31. The van der Waals surface area contributed by atoms with Crippen LogP contribution in [0, 0.1) is 10.1 Å². The Morgan fingerprint density at radius 1 is 1.43 bits per heavy atom. The van der Waals surface area contributed by atoms with E-state index in [2.05, 4.69) is 31.9 Å². The van der Waals surface area contributed by atoms with Crippen LogP contribution in [0.25, 0.3) is 0 Å². The molecule has 0 saturated heterocycles. The van der Waals surface area contributed by atoms with Gasteiger partial charge in [0.25, 0.3) is 4.45 Å². The van der Waals surface area contributed by atoms with Crippen LogP contribution in [0.15, 0.2) is 30.3 Å². The Morgan fingerprint density at radius 3 is 2.36 bits per heavy atom. The first-order valence-electron chi connectivity index (χ1n) is 3.98. The zero-order valence-electron chi connectivity index (χ0n) is 7.48. The molecule has 0 aliphatic carbocycles. The van der Waals surface area contributed by atoms with Crippen molar-refractivity contribution in [1.29, 1.82) is 0 Å². The molecular formula is C9H9Br2NO2. The SMILES string of the molecule is CC(Br)(C(Br)c1ccccc1)[N+](=O)[O-]. The van der Waals surface area contributed by atoms with Gasteiger partial charge in [-0.2, -0.15) is 0 Å². The third-order valence-electron chi connectivity index (χ3n) is 1.91. The van der Waals surface area contributed by atoms with Crippen LogP contribution in [0.1, 0.15) is 17.3 Å². The lowest BCUT2D eigenvalue weighted by Gasteiger charge is -2.19. The molecule has 2 unspecified atom stereocenters. The number of hydrogen-bond acceptors (Lipinski definition) is 2. The van der Waals surface area contributed by atoms with E-state index >= 15 is 0 Å². The van der Waals surface area contributed by atoms with Gasteiger partial charge < -0.3 is 0 Å². The van der Waals surface area contributed by atoms with Gasteiger partial charge in [0, 0.05) is 27.8 Å². The van der Waals surface area contributed by atoms with Gasteiger partial charge in [-0.05, 0) is 5.56 Å². The monoisotopic (exact) mass is 321 g/mol. The maximum atomic E-state index is 10.8. The highest BCUT2D eigenvalue weighted by atomic mass is 79.9. The summed E-state index contributed by atoms with van der Waals surface area (Å²) in [5.74, 6) is 0. The smallest absolute Gasteiger partial charge is 0.263 e. The molecule has 1 aromatic carbocycles. The van der Waals surface area contributed by atoms with Crippen molar-refractivity contribution in [3.63, 3.8) is 0 Å². The fourth-order valence-corrected chi connectivity index (χ4v) is 1.76. The largest absolute Gasteiger partial charge is 0.288 e. The molecule has 0 saturated carbocycles. The fraction of sp³-hybridized carbons (Fsp3) is 0.333. The summed E-state index contributed by atoms with van der Waals surface area (Å²) in [7, 11) is 0. The Bertz CT molecular complexity index is 327. The molecular weight excluding hydrogens is 314 g/mol. The minimum Gasteiger partial charge on any atom is -0.263 e. The highest BCUT2D eigenvalue weighted by molar-refractivity contribution is 9.12. The maximum Gasteiger partial charge on any atom is 0.288 e. The summed E-state index contributed by atoms with van der Waals surface area (Å²) in [6.07, 6.45) is 0. The molecule has 2 atom stereocenters. The van der Waals surface area contributed by atoms with Crippen LogP contribution in [0.3, 0.4) is 0 Å². The molecule has 1 rings (SSSR count). The third-order valence-corrected chi connectivity index (χ3v) is 4.69. The summed E-state index contributed by atoms with van der Waals surface area (Å²) in [5.41, 5.74) is 0.878. The number of rotatable bonds is 3. The first-order chi connectivity index (χ1) is 6.46. The molecule has 0 amide bonds. The molecule has 0 aliphatic rings. The molecule has 0 aliphatic heterocycles. The van der Waals surface area contributed by atoms with Gasteiger partial charge in [-0.3, -0.25) is 10.1 Å². The summed E-state index contributed by atoms with van der Waals surface area (Å²) >= 11 is 6.42. The van der Waals surface area contributed by atoms with Crippen molar-refractivity contribution in [3.05, 3.63) is 46.0 Å². The van der Waals surface area contributed by atoms with Gasteiger partial charge >= 0.3 is 0 Å². The van der Waals surface area contributed by atoms with E-state index in [1.54, 1.807) is 0 Å². The molecule has 5 heteroatoms. The molecule has 0 bridgehead atoms. The van der Waals surface area contributed by atoms with Crippen LogP contribution in [0.5, 0.6) is 0 Å². The molecule has 0 fully saturated rings. The first-order valence-corrected chi connectivity index (χ1v) is 5.69. The van der Waals surface area contributed by atoms with Crippen LogP contribution >= 0.6 is 31.9 Å². The molecule has 0 spiro atoms. The molecule has 0 heterocycles. The van der Waals surface area contributed by atoms with Crippen molar-refractivity contribution in [2.24, 2.45) is 0 Å². The predicted molar refractivity (Wildman–Crippen MR) is 62.4 cm³/mol. The van der Waals surface area contributed by atoms with Gasteiger partial charge in [-0.25, -0.2) is 0 Å².